The van der Waals surface area contributed by atoms with E-state index in [-0.39, 0.29) is 16.8 Å². The molecule has 0 fully saturated rings. The van der Waals surface area contributed by atoms with Crippen LogP contribution in [0, 0.1) is 0 Å². The first-order valence-electron chi connectivity index (χ1n) is 6.87. The Morgan fingerprint density at radius 2 is 1.91 bits per heavy atom. The van der Waals surface area contributed by atoms with Crippen LogP contribution in [-0.2, 0) is 7.05 Å². The lowest BCUT2D eigenvalue weighted by atomic mass is 10.1. The zero-order chi connectivity index (χ0) is 15.9. The van der Waals surface area contributed by atoms with Gasteiger partial charge in [0.25, 0.3) is 5.56 Å². The summed E-state index contributed by atoms with van der Waals surface area (Å²) in [5.74, 6) is 0.573. The Hall–Kier alpha value is -2.24. The minimum absolute atomic E-state index is 0.171. The van der Waals surface area contributed by atoms with Crippen LogP contribution in [0.25, 0.3) is 22.3 Å². The topological polar surface area (TPSA) is 73.8 Å². The van der Waals surface area contributed by atoms with Crippen LogP contribution in [-0.4, -0.2) is 14.5 Å². The van der Waals surface area contributed by atoms with Gasteiger partial charge in [-0.3, -0.25) is 9.36 Å². The average Bonchev–Trinajstić information content (AvgIpc) is 2.51. The average molecular weight is 315 g/mol. The SMILES string of the molecule is CC(N)c1nc(Cl)cc2c(=O)n(C)c(-c3ccccc3)nc12. The second kappa shape index (κ2) is 5.51. The Kier molecular flexibility index (Phi) is 3.68. The predicted octanol–water partition coefficient (Wildman–Crippen LogP) is 2.67. The Morgan fingerprint density at radius 1 is 1.23 bits per heavy atom. The molecule has 2 heterocycles. The van der Waals surface area contributed by atoms with Crippen LogP contribution in [0.15, 0.2) is 41.2 Å². The van der Waals surface area contributed by atoms with E-state index in [9.17, 15) is 4.79 Å². The van der Waals surface area contributed by atoms with Crippen molar-refractivity contribution in [1.29, 1.82) is 0 Å². The van der Waals surface area contributed by atoms with Gasteiger partial charge in [0.1, 0.15) is 16.5 Å². The van der Waals surface area contributed by atoms with Crippen LogP contribution < -0.4 is 11.3 Å². The number of halogens is 1. The molecule has 0 amide bonds. The van der Waals surface area contributed by atoms with Gasteiger partial charge in [-0.25, -0.2) is 9.97 Å². The van der Waals surface area contributed by atoms with Gasteiger partial charge in [-0.2, -0.15) is 0 Å². The summed E-state index contributed by atoms with van der Waals surface area (Å²) >= 11 is 6.01. The first-order valence-corrected chi connectivity index (χ1v) is 7.25. The fourth-order valence-electron chi connectivity index (χ4n) is 2.43. The van der Waals surface area contributed by atoms with Crippen molar-refractivity contribution in [3.8, 4) is 11.4 Å². The molecule has 0 bridgehead atoms. The van der Waals surface area contributed by atoms with Crippen LogP contribution in [0.4, 0.5) is 0 Å². The third kappa shape index (κ3) is 2.38. The van der Waals surface area contributed by atoms with E-state index in [1.807, 2.05) is 30.3 Å². The molecule has 0 aliphatic rings. The molecule has 3 rings (SSSR count). The monoisotopic (exact) mass is 314 g/mol. The first-order chi connectivity index (χ1) is 10.5. The summed E-state index contributed by atoms with van der Waals surface area (Å²) in [5, 5.41) is 0.667. The molecule has 2 aromatic heterocycles. The highest BCUT2D eigenvalue weighted by Gasteiger charge is 2.16. The lowest BCUT2D eigenvalue weighted by Crippen LogP contribution is -2.22. The molecular formula is C16H15ClN4O. The van der Waals surface area contributed by atoms with Gasteiger partial charge in [0.05, 0.1) is 11.1 Å². The third-order valence-corrected chi connectivity index (χ3v) is 3.72. The summed E-state index contributed by atoms with van der Waals surface area (Å²) in [5.41, 5.74) is 7.67. The van der Waals surface area contributed by atoms with Crippen LogP contribution in [0.5, 0.6) is 0 Å². The number of nitrogens with zero attached hydrogens (tertiary/aromatic N) is 3. The van der Waals surface area contributed by atoms with E-state index in [1.54, 1.807) is 14.0 Å². The maximum absolute atomic E-state index is 12.6. The molecule has 0 aliphatic heterocycles. The quantitative estimate of drug-likeness (QED) is 0.738. The molecule has 2 N–H and O–H groups in total. The predicted molar refractivity (Wildman–Crippen MR) is 87.8 cm³/mol. The largest absolute Gasteiger partial charge is 0.323 e. The second-order valence-electron chi connectivity index (χ2n) is 5.18. The molecule has 0 spiro atoms. The van der Waals surface area contributed by atoms with Crippen molar-refractivity contribution >= 4 is 22.5 Å². The molecule has 0 radical (unpaired) electrons. The van der Waals surface area contributed by atoms with Crippen LogP contribution in [0.2, 0.25) is 5.15 Å². The Morgan fingerprint density at radius 3 is 2.55 bits per heavy atom. The van der Waals surface area contributed by atoms with Crippen molar-refractivity contribution in [1.82, 2.24) is 14.5 Å². The van der Waals surface area contributed by atoms with Crippen molar-refractivity contribution in [2.45, 2.75) is 13.0 Å². The van der Waals surface area contributed by atoms with Crippen molar-refractivity contribution in [2.24, 2.45) is 12.8 Å². The van der Waals surface area contributed by atoms with Crippen molar-refractivity contribution in [3.05, 3.63) is 57.6 Å². The Bertz CT molecular complexity index is 903. The number of fused-ring (bicyclic) bond motifs is 1. The van der Waals surface area contributed by atoms with Gasteiger partial charge >= 0.3 is 0 Å². The smallest absolute Gasteiger partial charge is 0.261 e. The number of rotatable bonds is 2. The summed E-state index contributed by atoms with van der Waals surface area (Å²) in [6.45, 7) is 1.79. The van der Waals surface area contributed by atoms with Gasteiger partial charge in [-0.15, -0.1) is 0 Å². The molecule has 3 aromatic rings. The van der Waals surface area contributed by atoms with Crippen LogP contribution in [0.1, 0.15) is 18.7 Å². The molecule has 6 heteroatoms. The van der Waals surface area contributed by atoms with E-state index in [1.165, 1.54) is 10.6 Å². The molecule has 1 atom stereocenters. The maximum Gasteiger partial charge on any atom is 0.261 e. The summed E-state index contributed by atoms with van der Waals surface area (Å²) in [4.78, 5) is 21.5. The Labute approximate surface area is 132 Å². The van der Waals surface area contributed by atoms with Crippen molar-refractivity contribution < 1.29 is 0 Å². The molecule has 0 aliphatic carbocycles. The normalized spacial score (nSPS) is 12.5. The second-order valence-corrected chi connectivity index (χ2v) is 5.57. The minimum atomic E-state index is -0.371. The summed E-state index contributed by atoms with van der Waals surface area (Å²) in [6.07, 6.45) is 0. The van der Waals surface area contributed by atoms with Crippen molar-refractivity contribution in [2.75, 3.05) is 0 Å². The first kappa shape index (κ1) is 14.7. The van der Waals surface area contributed by atoms with E-state index in [4.69, 9.17) is 17.3 Å². The van der Waals surface area contributed by atoms with Crippen LogP contribution in [0.3, 0.4) is 0 Å². The molecule has 0 saturated heterocycles. The molecule has 22 heavy (non-hydrogen) atoms. The van der Waals surface area contributed by atoms with Crippen LogP contribution >= 0.6 is 11.6 Å². The standard InChI is InChI=1S/C16H15ClN4O/c1-9(18)13-14-11(8-12(17)19-13)16(22)21(2)15(20-14)10-6-4-3-5-7-10/h3-9H,18H2,1-2H3. The molecule has 1 aromatic carbocycles. The molecular weight excluding hydrogens is 300 g/mol. The molecule has 1 unspecified atom stereocenters. The van der Waals surface area contributed by atoms with Gasteiger partial charge in [-0.05, 0) is 13.0 Å². The molecule has 112 valence electrons. The van der Waals surface area contributed by atoms with Gasteiger partial charge in [0.2, 0.25) is 0 Å². The number of nitrogens with two attached hydrogens (primary N) is 1. The lowest BCUT2D eigenvalue weighted by molar-refractivity contribution is 0.783. The maximum atomic E-state index is 12.6. The zero-order valence-electron chi connectivity index (χ0n) is 12.2. The molecule has 5 nitrogen and oxygen atoms in total. The number of hydrogen-bond donors (Lipinski definition) is 1. The fraction of sp³-hybridized carbons (Fsp3) is 0.188. The molecule has 0 saturated carbocycles. The van der Waals surface area contributed by atoms with Gasteiger partial charge in [0, 0.05) is 18.7 Å². The summed E-state index contributed by atoms with van der Waals surface area (Å²) in [7, 11) is 1.69. The van der Waals surface area contributed by atoms with E-state index in [2.05, 4.69) is 9.97 Å². The fourth-order valence-corrected chi connectivity index (χ4v) is 2.63. The summed E-state index contributed by atoms with van der Waals surface area (Å²) < 4.78 is 1.51. The van der Waals surface area contributed by atoms with Gasteiger partial charge in [0.15, 0.2) is 0 Å². The zero-order valence-corrected chi connectivity index (χ0v) is 13.0. The lowest BCUT2D eigenvalue weighted by Gasteiger charge is -2.13. The van der Waals surface area contributed by atoms with Crippen molar-refractivity contribution in [3.63, 3.8) is 0 Å². The number of benzene rings is 1. The highest BCUT2D eigenvalue weighted by molar-refractivity contribution is 6.30. The van der Waals surface area contributed by atoms with E-state index >= 15 is 0 Å². The minimum Gasteiger partial charge on any atom is -0.323 e. The van der Waals surface area contributed by atoms with E-state index in [0.717, 1.165) is 5.56 Å². The van der Waals surface area contributed by atoms with E-state index < -0.39 is 0 Å². The summed E-state index contributed by atoms with van der Waals surface area (Å²) in [6, 6.07) is 10.7. The third-order valence-electron chi connectivity index (χ3n) is 3.52. The Balaban J connectivity index is 2.43. The van der Waals surface area contributed by atoms with Gasteiger partial charge < -0.3 is 5.73 Å². The number of pyridine rings is 1. The highest BCUT2D eigenvalue weighted by atomic mass is 35.5. The highest BCUT2D eigenvalue weighted by Crippen LogP contribution is 2.24. The number of aromatic nitrogens is 3. The van der Waals surface area contributed by atoms with E-state index in [0.29, 0.717) is 22.4 Å². The van der Waals surface area contributed by atoms with Gasteiger partial charge in [-0.1, -0.05) is 41.9 Å². The number of hydrogen-bond acceptors (Lipinski definition) is 4.